The summed E-state index contributed by atoms with van der Waals surface area (Å²) in [5.74, 6) is 1.22. The highest BCUT2D eigenvalue weighted by atomic mass is 32.1. The lowest BCUT2D eigenvalue weighted by atomic mass is 9.75. The van der Waals surface area contributed by atoms with Crippen LogP contribution >= 0.6 is 11.3 Å². The number of hydrogen-bond donors (Lipinski definition) is 0. The van der Waals surface area contributed by atoms with Gasteiger partial charge in [0.2, 0.25) is 0 Å². The van der Waals surface area contributed by atoms with Gasteiger partial charge in [-0.05, 0) is 25.7 Å². The summed E-state index contributed by atoms with van der Waals surface area (Å²) in [6, 6.07) is 0. The van der Waals surface area contributed by atoms with E-state index < -0.39 is 0 Å². The van der Waals surface area contributed by atoms with Gasteiger partial charge in [0.15, 0.2) is 5.78 Å². The summed E-state index contributed by atoms with van der Waals surface area (Å²) >= 11 is 1.50. The molecule has 1 aromatic heterocycles. The summed E-state index contributed by atoms with van der Waals surface area (Å²) in [6.07, 6.45) is 5.95. The SMILES string of the molecule is CCC1CCCCC1C(=O)c1scnc1C. The van der Waals surface area contributed by atoms with Crippen LogP contribution in [0.2, 0.25) is 0 Å². The number of nitrogens with zero attached hydrogens (tertiary/aromatic N) is 1. The number of carbonyl (C=O) groups excluding carboxylic acids is 1. The summed E-state index contributed by atoms with van der Waals surface area (Å²) in [4.78, 5) is 17.5. The van der Waals surface area contributed by atoms with Crippen LogP contribution in [0.25, 0.3) is 0 Å². The van der Waals surface area contributed by atoms with Crippen LogP contribution in [0.1, 0.15) is 54.4 Å². The summed E-state index contributed by atoms with van der Waals surface area (Å²) in [6.45, 7) is 4.14. The molecule has 0 amide bonds. The van der Waals surface area contributed by atoms with Crippen LogP contribution in [-0.2, 0) is 0 Å². The van der Waals surface area contributed by atoms with Gasteiger partial charge in [-0.15, -0.1) is 11.3 Å². The second kappa shape index (κ2) is 5.09. The lowest BCUT2D eigenvalue weighted by Gasteiger charge is -2.29. The van der Waals surface area contributed by atoms with Gasteiger partial charge in [0.1, 0.15) is 0 Å². The van der Waals surface area contributed by atoms with Gasteiger partial charge in [0, 0.05) is 5.92 Å². The Morgan fingerprint density at radius 1 is 1.50 bits per heavy atom. The zero-order chi connectivity index (χ0) is 11.5. The first-order valence-corrected chi connectivity index (χ1v) is 7.06. The summed E-state index contributed by atoms with van der Waals surface area (Å²) < 4.78 is 0. The van der Waals surface area contributed by atoms with E-state index in [1.54, 1.807) is 5.51 Å². The van der Waals surface area contributed by atoms with Crippen LogP contribution in [0.15, 0.2) is 5.51 Å². The van der Waals surface area contributed by atoms with E-state index >= 15 is 0 Å². The molecule has 0 N–H and O–H groups in total. The zero-order valence-corrected chi connectivity index (χ0v) is 10.8. The van der Waals surface area contributed by atoms with E-state index in [0.717, 1.165) is 23.4 Å². The number of Topliss-reactive ketones (excluding diaryl/α,β-unsaturated/α-hetero) is 1. The lowest BCUT2D eigenvalue weighted by molar-refractivity contribution is 0.0824. The Morgan fingerprint density at radius 3 is 2.88 bits per heavy atom. The average molecular weight is 237 g/mol. The summed E-state index contributed by atoms with van der Waals surface area (Å²) in [5.41, 5.74) is 2.70. The van der Waals surface area contributed by atoms with E-state index in [4.69, 9.17) is 0 Å². The average Bonchev–Trinajstić information content (AvgIpc) is 2.74. The first-order chi connectivity index (χ1) is 7.74. The molecule has 0 aromatic carbocycles. The third kappa shape index (κ3) is 2.19. The van der Waals surface area contributed by atoms with Crippen LogP contribution in [0.5, 0.6) is 0 Å². The minimum Gasteiger partial charge on any atom is -0.293 e. The topological polar surface area (TPSA) is 30.0 Å². The molecule has 0 aliphatic heterocycles. The molecule has 1 saturated carbocycles. The predicted molar refractivity (Wildman–Crippen MR) is 66.9 cm³/mol. The Morgan fingerprint density at radius 2 is 2.25 bits per heavy atom. The van der Waals surface area contributed by atoms with E-state index in [1.165, 1.54) is 30.6 Å². The van der Waals surface area contributed by atoms with Crippen molar-refractivity contribution in [2.45, 2.75) is 46.0 Å². The van der Waals surface area contributed by atoms with Gasteiger partial charge in [-0.1, -0.05) is 26.2 Å². The second-order valence-corrected chi connectivity index (χ2v) is 5.55. The Kier molecular flexibility index (Phi) is 3.74. The van der Waals surface area contributed by atoms with E-state index in [9.17, 15) is 4.79 Å². The number of aryl methyl sites for hydroxylation is 1. The molecule has 88 valence electrons. The molecule has 2 rings (SSSR count). The van der Waals surface area contributed by atoms with Crippen LogP contribution in [0.4, 0.5) is 0 Å². The highest BCUT2D eigenvalue weighted by Crippen LogP contribution is 2.35. The maximum atomic E-state index is 12.4. The Hall–Kier alpha value is -0.700. The monoisotopic (exact) mass is 237 g/mol. The molecule has 1 heterocycles. The standard InChI is InChI=1S/C13H19NOS/c1-3-10-6-4-5-7-11(10)12(15)13-9(2)14-8-16-13/h8,10-11H,3-7H2,1-2H3. The van der Waals surface area contributed by atoms with Gasteiger partial charge < -0.3 is 0 Å². The molecule has 1 aromatic rings. The van der Waals surface area contributed by atoms with E-state index in [2.05, 4.69) is 11.9 Å². The molecule has 16 heavy (non-hydrogen) atoms. The fraction of sp³-hybridized carbons (Fsp3) is 0.692. The molecule has 1 aliphatic carbocycles. The Balaban J connectivity index is 2.17. The Bertz CT molecular complexity index is 372. The van der Waals surface area contributed by atoms with Gasteiger partial charge in [-0.3, -0.25) is 4.79 Å². The van der Waals surface area contributed by atoms with E-state index in [1.807, 2.05) is 6.92 Å². The quantitative estimate of drug-likeness (QED) is 0.747. The third-order valence-corrected chi connectivity index (χ3v) is 4.68. The third-order valence-electron chi connectivity index (χ3n) is 3.74. The highest BCUT2D eigenvalue weighted by Gasteiger charge is 2.31. The zero-order valence-electron chi connectivity index (χ0n) is 10.0. The van der Waals surface area contributed by atoms with Crippen LogP contribution in [0, 0.1) is 18.8 Å². The summed E-state index contributed by atoms with van der Waals surface area (Å²) in [5, 5.41) is 0. The number of ketones is 1. The molecule has 0 saturated heterocycles. The molecule has 0 radical (unpaired) electrons. The van der Waals surface area contributed by atoms with Crippen molar-refractivity contribution in [1.82, 2.24) is 4.98 Å². The van der Waals surface area contributed by atoms with Crippen molar-refractivity contribution in [2.24, 2.45) is 11.8 Å². The fourth-order valence-corrected chi connectivity index (χ4v) is 3.56. The van der Waals surface area contributed by atoms with E-state index in [0.29, 0.717) is 11.7 Å². The van der Waals surface area contributed by atoms with Crippen LogP contribution < -0.4 is 0 Å². The van der Waals surface area contributed by atoms with Crippen molar-refractivity contribution in [3.05, 3.63) is 16.1 Å². The maximum absolute atomic E-state index is 12.4. The number of aromatic nitrogens is 1. The van der Waals surface area contributed by atoms with Gasteiger partial charge >= 0.3 is 0 Å². The molecule has 3 heteroatoms. The Labute approximate surface area is 101 Å². The molecule has 2 unspecified atom stereocenters. The minimum absolute atomic E-state index is 0.262. The fourth-order valence-electron chi connectivity index (χ4n) is 2.75. The van der Waals surface area contributed by atoms with Gasteiger partial charge in [0.25, 0.3) is 0 Å². The molecule has 0 bridgehead atoms. The smallest absolute Gasteiger partial charge is 0.178 e. The number of rotatable bonds is 3. The molecule has 2 nitrogen and oxygen atoms in total. The van der Waals surface area contributed by atoms with Crippen molar-refractivity contribution in [1.29, 1.82) is 0 Å². The molecule has 1 aliphatic rings. The van der Waals surface area contributed by atoms with E-state index in [-0.39, 0.29) is 5.92 Å². The van der Waals surface area contributed by atoms with Gasteiger partial charge in [-0.25, -0.2) is 4.98 Å². The van der Waals surface area contributed by atoms with Crippen molar-refractivity contribution in [3.63, 3.8) is 0 Å². The summed E-state index contributed by atoms with van der Waals surface area (Å²) in [7, 11) is 0. The van der Waals surface area contributed by atoms with Gasteiger partial charge in [0.05, 0.1) is 16.1 Å². The van der Waals surface area contributed by atoms with Crippen molar-refractivity contribution in [2.75, 3.05) is 0 Å². The van der Waals surface area contributed by atoms with Gasteiger partial charge in [-0.2, -0.15) is 0 Å². The second-order valence-electron chi connectivity index (χ2n) is 4.69. The van der Waals surface area contributed by atoms with Crippen LogP contribution in [0.3, 0.4) is 0 Å². The lowest BCUT2D eigenvalue weighted by Crippen LogP contribution is -2.26. The molecule has 0 spiro atoms. The van der Waals surface area contributed by atoms with Crippen LogP contribution in [-0.4, -0.2) is 10.8 Å². The maximum Gasteiger partial charge on any atom is 0.178 e. The predicted octanol–water partition coefficient (Wildman–Crippen LogP) is 3.85. The molecular formula is C13H19NOS. The number of carbonyl (C=O) groups is 1. The van der Waals surface area contributed by atoms with Crippen molar-refractivity contribution >= 4 is 17.1 Å². The van der Waals surface area contributed by atoms with Crippen molar-refractivity contribution < 1.29 is 4.79 Å². The van der Waals surface area contributed by atoms with Crippen molar-refractivity contribution in [3.8, 4) is 0 Å². The molecular weight excluding hydrogens is 218 g/mol. The molecule has 2 atom stereocenters. The molecule has 1 fully saturated rings. The number of thiazole rings is 1. The largest absolute Gasteiger partial charge is 0.293 e. The highest BCUT2D eigenvalue weighted by molar-refractivity contribution is 7.12. The minimum atomic E-state index is 0.262. The normalized spacial score (nSPS) is 25.6. The number of hydrogen-bond acceptors (Lipinski definition) is 3. The first kappa shape index (κ1) is 11.8. The first-order valence-electron chi connectivity index (χ1n) is 6.18.